The zero-order valence-corrected chi connectivity index (χ0v) is 11.9. The number of carbonyl (C=O) groups is 2. The van der Waals surface area contributed by atoms with Crippen LogP contribution in [0, 0.1) is 6.92 Å². The molecule has 6 nitrogen and oxygen atoms in total. The second-order valence-corrected chi connectivity index (χ2v) is 4.91. The number of furan rings is 1. The Balaban J connectivity index is 1.79. The minimum Gasteiger partial charge on any atom is -0.469 e. The van der Waals surface area contributed by atoms with Gasteiger partial charge in [0.25, 0.3) is 5.91 Å². The Hall–Kier alpha value is -1.82. The summed E-state index contributed by atoms with van der Waals surface area (Å²) in [7, 11) is 1.39. The molecule has 6 heteroatoms. The first-order valence-electron chi connectivity index (χ1n) is 6.73. The molecule has 1 aliphatic heterocycles. The van der Waals surface area contributed by atoms with E-state index in [2.05, 4.69) is 9.64 Å². The molecule has 110 valence electrons. The van der Waals surface area contributed by atoms with E-state index >= 15 is 0 Å². The maximum Gasteiger partial charge on any atom is 0.306 e. The molecule has 0 saturated carbocycles. The van der Waals surface area contributed by atoms with E-state index < -0.39 is 0 Å². The number of ether oxygens (including phenoxy) is 1. The number of hydrogen-bond acceptors (Lipinski definition) is 5. The summed E-state index contributed by atoms with van der Waals surface area (Å²) in [5.74, 6) is 0.553. The Labute approximate surface area is 118 Å². The molecule has 0 atom stereocenters. The molecule has 0 radical (unpaired) electrons. The summed E-state index contributed by atoms with van der Waals surface area (Å²) in [6, 6.07) is 1.76. The van der Waals surface area contributed by atoms with Gasteiger partial charge in [-0.05, 0) is 13.0 Å². The van der Waals surface area contributed by atoms with Gasteiger partial charge in [-0.15, -0.1) is 0 Å². The number of methoxy groups -OCH3 is 1. The maximum absolute atomic E-state index is 12.2. The summed E-state index contributed by atoms with van der Waals surface area (Å²) in [5, 5.41) is 0. The van der Waals surface area contributed by atoms with E-state index in [1.54, 1.807) is 6.07 Å². The molecule has 0 aromatic carbocycles. The third-order valence-corrected chi connectivity index (χ3v) is 3.50. The Morgan fingerprint density at radius 1 is 1.30 bits per heavy atom. The van der Waals surface area contributed by atoms with Gasteiger partial charge in [-0.25, -0.2) is 0 Å². The van der Waals surface area contributed by atoms with Crippen molar-refractivity contribution < 1.29 is 18.7 Å². The molecule has 0 spiro atoms. The fourth-order valence-corrected chi connectivity index (χ4v) is 2.26. The average molecular weight is 280 g/mol. The van der Waals surface area contributed by atoms with Crippen molar-refractivity contribution in [2.45, 2.75) is 13.3 Å². The molecule has 1 saturated heterocycles. The number of amides is 1. The van der Waals surface area contributed by atoms with Crippen LogP contribution in [0.25, 0.3) is 0 Å². The summed E-state index contributed by atoms with van der Waals surface area (Å²) in [6.07, 6.45) is 1.90. The standard InChI is InChI=1S/C14H20N2O4/c1-11-9-12(10-20-11)14(18)16-7-5-15(6-8-16)4-3-13(17)19-2/h9-10H,3-8H2,1-2H3. The number of nitrogens with zero attached hydrogens (tertiary/aromatic N) is 2. The monoisotopic (exact) mass is 280 g/mol. The van der Waals surface area contributed by atoms with E-state index in [1.165, 1.54) is 13.4 Å². The van der Waals surface area contributed by atoms with E-state index in [0.29, 0.717) is 31.6 Å². The number of piperazine rings is 1. The average Bonchev–Trinajstić information content (AvgIpc) is 2.91. The van der Waals surface area contributed by atoms with Gasteiger partial charge in [-0.2, -0.15) is 0 Å². The Morgan fingerprint density at radius 3 is 2.55 bits per heavy atom. The molecular weight excluding hydrogens is 260 g/mol. The third-order valence-electron chi connectivity index (χ3n) is 3.50. The van der Waals surface area contributed by atoms with Crippen LogP contribution < -0.4 is 0 Å². The van der Waals surface area contributed by atoms with Crippen LogP contribution in [0.15, 0.2) is 16.7 Å². The summed E-state index contributed by atoms with van der Waals surface area (Å²) in [5.41, 5.74) is 0.602. The van der Waals surface area contributed by atoms with Gasteiger partial charge in [0.2, 0.25) is 0 Å². The first-order valence-corrected chi connectivity index (χ1v) is 6.73. The number of hydrogen-bond donors (Lipinski definition) is 0. The van der Waals surface area contributed by atoms with Crippen molar-refractivity contribution >= 4 is 11.9 Å². The van der Waals surface area contributed by atoms with Crippen LogP contribution in [0.1, 0.15) is 22.5 Å². The van der Waals surface area contributed by atoms with Crippen LogP contribution in [0.5, 0.6) is 0 Å². The molecule has 2 heterocycles. The number of carbonyl (C=O) groups excluding carboxylic acids is 2. The normalized spacial score (nSPS) is 16.2. The minimum absolute atomic E-state index is 0.00877. The smallest absolute Gasteiger partial charge is 0.306 e. The van der Waals surface area contributed by atoms with E-state index in [0.717, 1.165) is 18.8 Å². The van der Waals surface area contributed by atoms with Gasteiger partial charge >= 0.3 is 5.97 Å². The molecule has 0 bridgehead atoms. The Morgan fingerprint density at radius 2 is 2.00 bits per heavy atom. The molecule has 0 N–H and O–H groups in total. The van der Waals surface area contributed by atoms with Crippen molar-refractivity contribution in [1.82, 2.24) is 9.80 Å². The molecule has 2 rings (SSSR count). The first-order chi connectivity index (χ1) is 9.60. The SMILES string of the molecule is COC(=O)CCN1CCN(C(=O)c2coc(C)c2)CC1. The Kier molecular flexibility index (Phi) is 4.79. The fraction of sp³-hybridized carbons (Fsp3) is 0.571. The van der Waals surface area contributed by atoms with Crippen LogP contribution in [0.3, 0.4) is 0 Å². The molecule has 1 fully saturated rings. The predicted octanol–water partition coefficient (Wildman–Crippen LogP) is 0.909. The topological polar surface area (TPSA) is 63.0 Å². The molecule has 1 amide bonds. The third kappa shape index (κ3) is 3.60. The van der Waals surface area contributed by atoms with Crippen LogP contribution in [-0.4, -0.2) is 61.5 Å². The van der Waals surface area contributed by atoms with Gasteiger partial charge in [-0.3, -0.25) is 14.5 Å². The van der Waals surface area contributed by atoms with Crippen molar-refractivity contribution in [3.05, 3.63) is 23.7 Å². The Bertz CT molecular complexity index is 475. The summed E-state index contributed by atoms with van der Waals surface area (Å²) in [6.45, 7) is 5.40. The van der Waals surface area contributed by atoms with Crippen molar-refractivity contribution in [2.24, 2.45) is 0 Å². The molecule has 0 aliphatic carbocycles. The highest BCUT2D eigenvalue weighted by atomic mass is 16.5. The quantitative estimate of drug-likeness (QED) is 0.767. The number of aryl methyl sites for hydroxylation is 1. The van der Waals surface area contributed by atoms with Crippen molar-refractivity contribution in [3.8, 4) is 0 Å². The summed E-state index contributed by atoms with van der Waals surface area (Å²) < 4.78 is 9.79. The fourth-order valence-electron chi connectivity index (χ4n) is 2.26. The lowest BCUT2D eigenvalue weighted by Gasteiger charge is -2.34. The molecule has 20 heavy (non-hydrogen) atoms. The van der Waals surface area contributed by atoms with Crippen molar-refractivity contribution in [3.63, 3.8) is 0 Å². The van der Waals surface area contributed by atoms with Crippen LogP contribution in [0.4, 0.5) is 0 Å². The molecule has 1 aromatic heterocycles. The van der Waals surface area contributed by atoms with Gasteiger partial charge in [0.1, 0.15) is 12.0 Å². The summed E-state index contributed by atoms with van der Waals surface area (Å²) >= 11 is 0. The van der Waals surface area contributed by atoms with E-state index in [4.69, 9.17) is 4.42 Å². The maximum atomic E-state index is 12.2. The molecule has 1 aromatic rings. The molecular formula is C14H20N2O4. The van der Waals surface area contributed by atoms with E-state index in [9.17, 15) is 9.59 Å². The van der Waals surface area contributed by atoms with Crippen LogP contribution >= 0.6 is 0 Å². The highest BCUT2D eigenvalue weighted by molar-refractivity contribution is 5.94. The van der Waals surface area contributed by atoms with Gasteiger partial charge in [0.15, 0.2) is 0 Å². The highest BCUT2D eigenvalue weighted by Gasteiger charge is 2.23. The van der Waals surface area contributed by atoms with Crippen molar-refractivity contribution in [1.29, 1.82) is 0 Å². The zero-order valence-electron chi connectivity index (χ0n) is 11.9. The predicted molar refractivity (Wildman–Crippen MR) is 72.4 cm³/mol. The van der Waals surface area contributed by atoms with Crippen molar-refractivity contribution in [2.75, 3.05) is 39.8 Å². The van der Waals surface area contributed by atoms with Crippen LogP contribution in [-0.2, 0) is 9.53 Å². The highest BCUT2D eigenvalue weighted by Crippen LogP contribution is 2.12. The molecule has 1 aliphatic rings. The largest absolute Gasteiger partial charge is 0.469 e. The zero-order chi connectivity index (χ0) is 14.5. The van der Waals surface area contributed by atoms with Gasteiger partial charge in [0, 0.05) is 32.7 Å². The minimum atomic E-state index is -0.197. The number of esters is 1. The lowest BCUT2D eigenvalue weighted by molar-refractivity contribution is -0.141. The second kappa shape index (κ2) is 6.56. The first kappa shape index (κ1) is 14.6. The number of rotatable bonds is 4. The van der Waals surface area contributed by atoms with Gasteiger partial charge in [-0.1, -0.05) is 0 Å². The lowest BCUT2D eigenvalue weighted by atomic mass is 10.2. The van der Waals surface area contributed by atoms with Crippen LogP contribution in [0.2, 0.25) is 0 Å². The summed E-state index contributed by atoms with van der Waals surface area (Å²) in [4.78, 5) is 27.3. The molecule has 0 unspecified atom stereocenters. The van der Waals surface area contributed by atoms with Gasteiger partial charge < -0.3 is 14.1 Å². The van der Waals surface area contributed by atoms with E-state index in [-0.39, 0.29) is 11.9 Å². The van der Waals surface area contributed by atoms with E-state index in [1.807, 2.05) is 11.8 Å². The second-order valence-electron chi connectivity index (χ2n) is 4.91. The lowest BCUT2D eigenvalue weighted by Crippen LogP contribution is -2.49. The van der Waals surface area contributed by atoms with Gasteiger partial charge in [0.05, 0.1) is 19.1 Å².